The molecule has 7 N–H and O–H groups in total. The molecule has 0 bridgehead atoms. The number of amides is 1. The predicted octanol–water partition coefficient (Wildman–Crippen LogP) is -4.09. The van der Waals surface area contributed by atoms with Crippen LogP contribution in [0.25, 0.3) is 0 Å². The minimum atomic E-state index is -1.98. The number of carbonyl (C=O) groups is 1. The summed E-state index contributed by atoms with van der Waals surface area (Å²) in [5.74, 6) is -1.23. The Labute approximate surface area is 74.0 Å². The van der Waals surface area contributed by atoms with E-state index in [1.807, 2.05) is 0 Å². The molecule has 0 aliphatic carbocycles. The minimum absolute atomic E-state index is 0.802. The summed E-state index contributed by atoms with van der Waals surface area (Å²) in [5.41, 5.74) is 4.61. The Morgan fingerprint density at radius 1 is 1.15 bits per heavy atom. The Morgan fingerprint density at radius 2 is 1.62 bits per heavy atom. The zero-order chi connectivity index (χ0) is 10.6. The maximum absolute atomic E-state index is 10.3. The van der Waals surface area contributed by atoms with Crippen LogP contribution in [-0.4, -0.2) is 62.5 Å². The fraction of sp³-hybridized carbons (Fsp3) is 0.833. The molecule has 0 aromatic heterocycles. The average molecular weight is 195 g/mol. The monoisotopic (exact) mass is 195 g/mol. The van der Waals surface area contributed by atoms with Crippen LogP contribution in [0.5, 0.6) is 0 Å². The SMILES string of the molecule is NC(=O)C(O)C(O)C(O)C(O)CO. The molecule has 7 nitrogen and oxygen atoms in total. The van der Waals surface area contributed by atoms with Crippen molar-refractivity contribution in [3.8, 4) is 0 Å². The van der Waals surface area contributed by atoms with E-state index in [0.29, 0.717) is 0 Å². The highest BCUT2D eigenvalue weighted by Gasteiger charge is 2.32. The first-order valence-corrected chi connectivity index (χ1v) is 3.54. The fourth-order valence-corrected chi connectivity index (χ4v) is 0.691. The largest absolute Gasteiger partial charge is 0.394 e. The summed E-state index contributed by atoms with van der Waals surface area (Å²) in [6.45, 7) is -0.802. The molecule has 13 heavy (non-hydrogen) atoms. The van der Waals surface area contributed by atoms with Gasteiger partial charge in [-0.1, -0.05) is 0 Å². The molecule has 1 amide bonds. The lowest BCUT2D eigenvalue weighted by Crippen LogP contribution is -2.50. The first-order valence-electron chi connectivity index (χ1n) is 3.54. The van der Waals surface area contributed by atoms with E-state index in [4.69, 9.17) is 25.5 Å². The van der Waals surface area contributed by atoms with Gasteiger partial charge in [-0.05, 0) is 0 Å². The molecule has 0 heterocycles. The number of hydrogen-bond donors (Lipinski definition) is 6. The normalized spacial score (nSPS) is 20.4. The van der Waals surface area contributed by atoms with Gasteiger partial charge in [0.2, 0.25) is 5.91 Å². The van der Waals surface area contributed by atoms with Gasteiger partial charge in [-0.2, -0.15) is 0 Å². The molecule has 0 radical (unpaired) electrons. The highest BCUT2D eigenvalue weighted by atomic mass is 16.4. The molecule has 0 aliphatic heterocycles. The van der Waals surface area contributed by atoms with E-state index >= 15 is 0 Å². The maximum Gasteiger partial charge on any atom is 0.249 e. The maximum atomic E-state index is 10.3. The first-order chi connectivity index (χ1) is 5.91. The summed E-state index contributed by atoms with van der Waals surface area (Å²) < 4.78 is 0. The standard InChI is InChI=1S/C6H13NO6/c7-6(13)5(12)4(11)3(10)2(9)1-8/h2-5,8-12H,1H2,(H2,7,13). The highest BCUT2D eigenvalue weighted by molar-refractivity contribution is 5.79. The quantitative estimate of drug-likeness (QED) is 0.263. The van der Waals surface area contributed by atoms with Crippen LogP contribution in [0.2, 0.25) is 0 Å². The summed E-state index contributed by atoms with van der Waals surface area (Å²) in [7, 11) is 0. The third-order valence-corrected chi connectivity index (χ3v) is 1.55. The van der Waals surface area contributed by atoms with Gasteiger partial charge in [-0.15, -0.1) is 0 Å². The lowest BCUT2D eigenvalue weighted by Gasteiger charge is -2.23. The second-order valence-electron chi connectivity index (χ2n) is 2.58. The summed E-state index contributed by atoms with van der Waals surface area (Å²) >= 11 is 0. The number of nitrogens with two attached hydrogens (primary N) is 1. The van der Waals surface area contributed by atoms with Crippen molar-refractivity contribution in [2.24, 2.45) is 5.73 Å². The molecule has 0 saturated carbocycles. The van der Waals surface area contributed by atoms with Gasteiger partial charge in [0, 0.05) is 0 Å². The second kappa shape index (κ2) is 5.10. The van der Waals surface area contributed by atoms with Crippen LogP contribution >= 0.6 is 0 Å². The number of rotatable bonds is 5. The van der Waals surface area contributed by atoms with Gasteiger partial charge in [-0.3, -0.25) is 4.79 Å². The summed E-state index contributed by atoms with van der Waals surface area (Å²) in [5, 5.41) is 44.0. The van der Waals surface area contributed by atoms with Crippen molar-refractivity contribution in [2.75, 3.05) is 6.61 Å². The Morgan fingerprint density at radius 3 is 1.92 bits per heavy atom. The van der Waals surface area contributed by atoms with Crippen molar-refractivity contribution in [1.29, 1.82) is 0 Å². The number of carbonyl (C=O) groups excluding carboxylic acids is 1. The van der Waals surface area contributed by atoms with E-state index in [-0.39, 0.29) is 0 Å². The molecular weight excluding hydrogens is 182 g/mol. The Bertz CT molecular complexity index is 175. The van der Waals surface area contributed by atoms with Crippen LogP contribution in [-0.2, 0) is 4.79 Å². The molecule has 7 heteroatoms. The van der Waals surface area contributed by atoms with Gasteiger partial charge in [-0.25, -0.2) is 0 Å². The van der Waals surface area contributed by atoms with E-state index in [0.717, 1.165) is 0 Å². The Hall–Kier alpha value is -0.730. The molecule has 0 saturated heterocycles. The highest BCUT2D eigenvalue weighted by Crippen LogP contribution is 2.04. The predicted molar refractivity (Wildman–Crippen MR) is 40.3 cm³/mol. The van der Waals surface area contributed by atoms with Crippen molar-refractivity contribution in [1.82, 2.24) is 0 Å². The van der Waals surface area contributed by atoms with E-state index in [1.165, 1.54) is 0 Å². The van der Waals surface area contributed by atoms with Crippen molar-refractivity contribution < 1.29 is 30.3 Å². The van der Waals surface area contributed by atoms with E-state index in [1.54, 1.807) is 0 Å². The zero-order valence-corrected chi connectivity index (χ0v) is 6.74. The third-order valence-electron chi connectivity index (χ3n) is 1.55. The lowest BCUT2D eigenvalue weighted by molar-refractivity contribution is -0.146. The van der Waals surface area contributed by atoms with Gasteiger partial charge in [0.1, 0.15) is 18.3 Å². The van der Waals surface area contributed by atoms with Gasteiger partial charge in [0.25, 0.3) is 0 Å². The van der Waals surface area contributed by atoms with Crippen LogP contribution in [0.4, 0.5) is 0 Å². The molecule has 4 atom stereocenters. The number of hydrogen-bond acceptors (Lipinski definition) is 6. The molecular formula is C6H13NO6. The van der Waals surface area contributed by atoms with Crippen molar-refractivity contribution in [2.45, 2.75) is 24.4 Å². The number of aliphatic hydroxyl groups is 5. The molecule has 0 rings (SSSR count). The van der Waals surface area contributed by atoms with Gasteiger partial charge in [0.15, 0.2) is 6.10 Å². The van der Waals surface area contributed by atoms with E-state index < -0.39 is 36.9 Å². The molecule has 0 aliphatic rings. The topological polar surface area (TPSA) is 144 Å². The van der Waals surface area contributed by atoms with Gasteiger partial charge < -0.3 is 31.3 Å². The first kappa shape index (κ1) is 12.3. The van der Waals surface area contributed by atoms with Crippen LogP contribution in [0, 0.1) is 0 Å². The molecule has 0 fully saturated rings. The Balaban J connectivity index is 4.24. The summed E-state index contributed by atoms with van der Waals surface area (Å²) in [6, 6.07) is 0. The number of aliphatic hydroxyl groups excluding tert-OH is 5. The second-order valence-corrected chi connectivity index (χ2v) is 2.58. The van der Waals surface area contributed by atoms with E-state index in [2.05, 4.69) is 5.73 Å². The van der Waals surface area contributed by atoms with Crippen LogP contribution in [0.1, 0.15) is 0 Å². The molecule has 0 aromatic carbocycles. The molecule has 4 unspecified atom stereocenters. The van der Waals surface area contributed by atoms with Crippen LogP contribution < -0.4 is 5.73 Å². The fourth-order valence-electron chi connectivity index (χ4n) is 0.691. The molecule has 0 aromatic rings. The smallest absolute Gasteiger partial charge is 0.249 e. The lowest BCUT2D eigenvalue weighted by atomic mass is 10.0. The minimum Gasteiger partial charge on any atom is -0.394 e. The van der Waals surface area contributed by atoms with Crippen LogP contribution in [0.15, 0.2) is 0 Å². The van der Waals surface area contributed by atoms with Gasteiger partial charge in [0.05, 0.1) is 6.61 Å². The molecule has 0 spiro atoms. The van der Waals surface area contributed by atoms with Crippen LogP contribution in [0.3, 0.4) is 0 Å². The van der Waals surface area contributed by atoms with Crippen molar-refractivity contribution >= 4 is 5.91 Å². The third kappa shape index (κ3) is 3.25. The van der Waals surface area contributed by atoms with Crippen molar-refractivity contribution in [3.05, 3.63) is 0 Å². The number of primary amides is 1. The van der Waals surface area contributed by atoms with E-state index in [9.17, 15) is 4.79 Å². The van der Waals surface area contributed by atoms with Gasteiger partial charge >= 0.3 is 0 Å². The summed E-state index contributed by atoms with van der Waals surface area (Å²) in [6.07, 6.45) is -7.35. The van der Waals surface area contributed by atoms with Crippen molar-refractivity contribution in [3.63, 3.8) is 0 Å². The Kier molecular flexibility index (Phi) is 4.81. The molecule has 78 valence electrons. The summed E-state index contributed by atoms with van der Waals surface area (Å²) in [4.78, 5) is 10.3. The zero-order valence-electron chi connectivity index (χ0n) is 6.74. The average Bonchev–Trinajstić information content (AvgIpc) is 2.12.